The van der Waals surface area contributed by atoms with Crippen LogP contribution in [0.3, 0.4) is 0 Å². The van der Waals surface area contributed by atoms with E-state index in [2.05, 4.69) is 15.6 Å². The van der Waals surface area contributed by atoms with Gasteiger partial charge >= 0.3 is 17.8 Å². The Labute approximate surface area is 213 Å². The van der Waals surface area contributed by atoms with Crippen LogP contribution in [0.5, 0.6) is 0 Å². The molecule has 1 fully saturated rings. The second kappa shape index (κ2) is 12.0. The highest BCUT2D eigenvalue weighted by Crippen LogP contribution is 2.28. The van der Waals surface area contributed by atoms with Crippen LogP contribution in [-0.2, 0) is 23.8 Å². The van der Waals surface area contributed by atoms with Crippen LogP contribution in [0.15, 0.2) is 17.1 Å². The standard InChI is InChI=1S/C23H36N4O10/c1-22(2,3)36-19(32)12(24-21(34)37-23(4,5)6)7-8-15(29)25-14-9-10-27(20(33)26-14)18-17(31)16(30)13(11-28)35-18/h9-10,12-13,16-18,28,30-31H,7-8,11H2,1-6H3,(H,24,34)(H,25,26,29,33)/t12-,13+,16?,17?,18+/m0/s1. The lowest BCUT2D eigenvalue weighted by Gasteiger charge is -2.26. The summed E-state index contributed by atoms with van der Waals surface area (Å²) in [7, 11) is 0. The van der Waals surface area contributed by atoms with E-state index in [0.717, 1.165) is 4.57 Å². The maximum atomic E-state index is 12.6. The Morgan fingerprint density at radius 2 is 1.73 bits per heavy atom. The number of hydrogen-bond acceptors (Lipinski definition) is 11. The first kappa shape index (κ1) is 30.2. The van der Waals surface area contributed by atoms with Crippen LogP contribution >= 0.6 is 0 Å². The number of hydrogen-bond donors (Lipinski definition) is 5. The molecule has 14 nitrogen and oxygen atoms in total. The van der Waals surface area contributed by atoms with Crippen LogP contribution in [-0.4, -0.2) is 85.0 Å². The number of amides is 2. The molecule has 1 saturated heterocycles. The van der Waals surface area contributed by atoms with E-state index in [0.29, 0.717) is 0 Å². The number of anilines is 1. The minimum Gasteiger partial charge on any atom is -0.458 e. The smallest absolute Gasteiger partial charge is 0.408 e. The minimum absolute atomic E-state index is 0.105. The zero-order valence-corrected chi connectivity index (χ0v) is 21.8. The molecule has 1 aliphatic heterocycles. The van der Waals surface area contributed by atoms with Crippen LogP contribution in [0.1, 0.15) is 60.6 Å². The number of aliphatic hydroxyl groups excluding tert-OH is 3. The number of ether oxygens (including phenoxy) is 3. The molecule has 0 aliphatic carbocycles. The van der Waals surface area contributed by atoms with Gasteiger partial charge in [0.05, 0.1) is 6.61 Å². The summed E-state index contributed by atoms with van der Waals surface area (Å²) in [6, 6.07) is 0.103. The van der Waals surface area contributed by atoms with Gasteiger partial charge in [-0.3, -0.25) is 9.36 Å². The van der Waals surface area contributed by atoms with Crippen molar-refractivity contribution in [2.24, 2.45) is 0 Å². The van der Waals surface area contributed by atoms with Gasteiger partial charge in [-0.2, -0.15) is 4.98 Å². The molecular weight excluding hydrogens is 492 g/mol. The summed E-state index contributed by atoms with van der Waals surface area (Å²) in [6.07, 6.45) is -5.21. The van der Waals surface area contributed by atoms with E-state index in [4.69, 9.17) is 14.2 Å². The van der Waals surface area contributed by atoms with E-state index in [9.17, 15) is 34.5 Å². The van der Waals surface area contributed by atoms with Crippen LogP contribution in [0.25, 0.3) is 0 Å². The van der Waals surface area contributed by atoms with Gasteiger partial charge in [-0.15, -0.1) is 0 Å². The number of esters is 1. The van der Waals surface area contributed by atoms with Crippen molar-refractivity contribution >= 4 is 23.8 Å². The molecule has 1 aromatic rings. The predicted molar refractivity (Wildman–Crippen MR) is 128 cm³/mol. The SMILES string of the molecule is CC(C)(C)OC(=O)N[C@@H](CCC(=O)Nc1ccn([C@@H]2O[C@H](CO)C(O)C2O)c(=O)n1)C(=O)OC(C)(C)C. The summed E-state index contributed by atoms with van der Waals surface area (Å²) in [4.78, 5) is 53.4. The van der Waals surface area contributed by atoms with E-state index >= 15 is 0 Å². The normalized spacial score (nSPS) is 22.7. The van der Waals surface area contributed by atoms with Gasteiger partial charge in [0.2, 0.25) is 5.91 Å². The summed E-state index contributed by atoms with van der Waals surface area (Å²) in [5.74, 6) is -1.45. The highest BCUT2D eigenvalue weighted by molar-refractivity contribution is 5.90. The van der Waals surface area contributed by atoms with Crippen molar-refractivity contribution in [1.29, 1.82) is 0 Å². The lowest BCUT2D eigenvalue weighted by molar-refractivity contribution is -0.157. The molecule has 14 heteroatoms. The fourth-order valence-electron chi connectivity index (χ4n) is 3.34. The van der Waals surface area contributed by atoms with Crippen LogP contribution in [0.4, 0.5) is 10.6 Å². The van der Waals surface area contributed by atoms with Crippen molar-refractivity contribution in [2.45, 2.75) is 96.2 Å². The zero-order valence-electron chi connectivity index (χ0n) is 21.8. The number of aliphatic hydroxyl groups is 3. The number of aromatic nitrogens is 2. The van der Waals surface area contributed by atoms with Crippen LogP contribution < -0.4 is 16.3 Å². The fourth-order valence-corrected chi connectivity index (χ4v) is 3.34. The Morgan fingerprint density at radius 1 is 1.11 bits per heavy atom. The lowest BCUT2D eigenvalue weighted by atomic mass is 10.1. The number of nitrogens with zero attached hydrogens (tertiary/aromatic N) is 2. The average Bonchev–Trinajstić information content (AvgIpc) is 3.02. The van der Waals surface area contributed by atoms with Crippen molar-refractivity contribution in [1.82, 2.24) is 14.9 Å². The van der Waals surface area contributed by atoms with Gasteiger partial charge in [0.25, 0.3) is 0 Å². The van der Waals surface area contributed by atoms with Crippen molar-refractivity contribution < 1.29 is 43.9 Å². The third kappa shape index (κ3) is 9.07. The molecule has 1 aromatic heterocycles. The van der Waals surface area contributed by atoms with Gasteiger partial charge in [0.1, 0.15) is 41.4 Å². The first-order valence-corrected chi connectivity index (χ1v) is 11.7. The van der Waals surface area contributed by atoms with Crippen LogP contribution in [0.2, 0.25) is 0 Å². The number of nitrogens with one attached hydrogen (secondary N) is 2. The quantitative estimate of drug-likeness (QED) is 0.280. The summed E-state index contributed by atoms with van der Waals surface area (Å²) in [5, 5.41) is 34.0. The van der Waals surface area contributed by atoms with E-state index < -0.39 is 72.1 Å². The number of carbonyl (C=O) groups is 3. The van der Waals surface area contributed by atoms with E-state index in [1.165, 1.54) is 12.3 Å². The van der Waals surface area contributed by atoms with Gasteiger partial charge in [-0.25, -0.2) is 14.4 Å². The van der Waals surface area contributed by atoms with Gasteiger partial charge in [0.15, 0.2) is 6.23 Å². The minimum atomic E-state index is -1.47. The first-order valence-electron chi connectivity index (χ1n) is 11.7. The number of alkyl carbamates (subject to hydrolysis) is 1. The van der Waals surface area contributed by atoms with Crippen molar-refractivity contribution in [3.63, 3.8) is 0 Å². The highest BCUT2D eigenvalue weighted by Gasteiger charge is 2.43. The molecule has 2 amide bonds. The van der Waals surface area contributed by atoms with Crippen LogP contribution in [0, 0.1) is 0 Å². The molecule has 2 heterocycles. The molecule has 208 valence electrons. The van der Waals surface area contributed by atoms with E-state index in [1.807, 2.05) is 0 Å². The van der Waals surface area contributed by atoms with Gasteiger partial charge in [-0.1, -0.05) is 0 Å². The van der Waals surface area contributed by atoms with Crippen molar-refractivity contribution in [3.05, 3.63) is 22.7 Å². The molecule has 0 bridgehead atoms. The molecule has 1 aliphatic rings. The molecular formula is C23H36N4O10. The molecule has 2 unspecified atom stereocenters. The monoisotopic (exact) mass is 528 g/mol. The molecule has 37 heavy (non-hydrogen) atoms. The van der Waals surface area contributed by atoms with Gasteiger partial charge in [0, 0.05) is 12.6 Å². The van der Waals surface area contributed by atoms with Crippen molar-refractivity contribution in [2.75, 3.05) is 11.9 Å². The fraction of sp³-hybridized carbons (Fsp3) is 0.696. The summed E-state index contributed by atoms with van der Waals surface area (Å²) >= 11 is 0. The second-order valence-corrected chi connectivity index (χ2v) is 10.6. The Hall–Kier alpha value is -3.07. The van der Waals surface area contributed by atoms with E-state index in [1.54, 1.807) is 41.5 Å². The van der Waals surface area contributed by atoms with E-state index in [-0.39, 0.29) is 18.7 Å². The lowest BCUT2D eigenvalue weighted by Crippen LogP contribution is -2.46. The average molecular weight is 529 g/mol. The summed E-state index contributed by atoms with van der Waals surface area (Å²) < 4.78 is 16.7. The topological polar surface area (TPSA) is 199 Å². The first-order chi connectivity index (χ1) is 17.0. The zero-order chi connectivity index (χ0) is 28.1. The summed E-state index contributed by atoms with van der Waals surface area (Å²) in [6.45, 7) is 9.42. The Bertz CT molecular complexity index is 1030. The third-order valence-electron chi connectivity index (χ3n) is 4.93. The summed E-state index contributed by atoms with van der Waals surface area (Å²) in [5.41, 5.74) is -2.51. The number of rotatable bonds is 8. The number of carbonyl (C=O) groups excluding carboxylic acids is 3. The highest BCUT2D eigenvalue weighted by atomic mass is 16.6. The second-order valence-electron chi connectivity index (χ2n) is 10.6. The molecule has 0 aromatic carbocycles. The van der Waals surface area contributed by atoms with Gasteiger partial charge in [-0.05, 0) is 54.0 Å². The molecule has 0 spiro atoms. The molecule has 5 atom stereocenters. The third-order valence-corrected chi connectivity index (χ3v) is 4.93. The molecule has 0 saturated carbocycles. The Balaban J connectivity index is 2.04. The molecule has 2 rings (SSSR count). The Morgan fingerprint density at radius 3 is 2.24 bits per heavy atom. The predicted octanol–water partition coefficient (Wildman–Crippen LogP) is -0.191. The Kier molecular flexibility index (Phi) is 9.77. The largest absolute Gasteiger partial charge is 0.458 e. The maximum Gasteiger partial charge on any atom is 0.408 e. The maximum absolute atomic E-state index is 12.6. The molecule has 0 radical (unpaired) electrons. The van der Waals surface area contributed by atoms with Crippen molar-refractivity contribution in [3.8, 4) is 0 Å². The van der Waals surface area contributed by atoms with Gasteiger partial charge < -0.3 is 40.2 Å². The molecule has 5 N–H and O–H groups in total.